The van der Waals surface area contributed by atoms with E-state index in [2.05, 4.69) is 0 Å². The Labute approximate surface area is 236 Å². The number of carbonyl (C=O) groups is 2. The first-order valence-electron chi connectivity index (χ1n) is 10.9. The Hall–Kier alpha value is -2.64. The van der Waals surface area contributed by atoms with Crippen LogP contribution in [0.5, 0.6) is 0 Å². The van der Waals surface area contributed by atoms with E-state index in [0.29, 0.717) is 0 Å². The summed E-state index contributed by atoms with van der Waals surface area (Å²) in [5.41, 5.74) is -0.0413. The van der Waals surface area contributed by atoms with Crippen LogP contribution in [-0.2, 0) is 4.79 Å². The molecule has 2 rings (SSSR count). The highest BCUT2D eigenvalue weighted by atomic mass is 35.5. The fraction of sp³-hybridized carbons (Fsp3) is 0.333. The number of hydrogen-bond donors (Lipinski definition) is 2. The maximum Gasteiger partial charge on any atom is 0.417 e. The van der Waals surface area contributed by atoms with Gasteiger partial charge in [0, 0.05) is 5.56 Å². The molecule has 2 atom stereocenters. The van der Waals surface area contributed by atoms with Crippen LogP contribution in [0.4, 0.5) is 39.5 Å². The van der Waals surface area contributed by atoms with Crippen LogP contribution in [0.1, 0.15) is 39.9 Å². The van der Waals surface area contributed by atoms with Crippen LogP contribution in [-0.4, -0.2) is 42.4 Å². The van der Waals surface area contributed by atoms with E-state index in [0.717, 1.165) is 42.6 Å². The highest BCUT2D eigenvalue weighted by Crippen LogP contribution is 2.41. The molecular weight excluding hydrogens is 626 g/mol. The molecule has 0 spiro atoms. The average Bonchev–Trinajstić information content (AvgIpc) is 2.78. The summed E-state index contributed by atoms with van der Waals surface area (Å²) in [5.74, 6) is -4.91. The van der Waals surface area contributed by atoms with Crippen LogP contribution in [0.2, 0.25) is 15.1 Å². The second-order valence-corrected chi connectivity index (χ2v) is 9.66. The van der Waals surface area contributed by atoms with Crippen molar-refractivity contribution in [1.82, 2.24) is 10.6 Å². The molecule has 0 aliphatic heterocycles. The first-order chi connectivity index (χ1) is 18.1. The van der Waals surface area contributed by atoms with Crippen molar-refractivity contribution < 1.29 is 49.1 Å². The van der Waals surface area contributed by atoms with E-state index in [1.54, 1.807) is 0 Å². The molecule has 0 aliphatic carbocycles. The van der Waals surface area contributed by atoms with Crippen molar-refractivity contribution in [2.45, 2.75) is 50.4 Å². The number of benzene rings is 2. The van der Waals surface area contributed by atoms with Crippen molar-refractivity contribution in [2.75, 3.05) is 0 Å². The molecule has 220 valence electrons. The zero-order chi connectivity index (χ0) is 30.8. The summed E-state index contributed by atoms with van der Waals surface area (Å²) in [6.07, 6.45) is -14.5. The maximum absolute atomic E-state index is 13.7. The van der Waals surface area contributed by atoms with E-state index in [1.165, 1.54) is 19.1 Å². The second-order valence-electron chi connectivity index (χ2n) is 8.47. The molecule has 0 saturated heterocycles. The van der Waals surface area contributed by atoms with Gasteiger partial charge in [-0.15, -0.1) is 0 Å². The number of allylic oxidation sites excluding steroid dienone is 1. The summed E-state index contributed by atoms with van der Waals surface area (Å²) < 4.78 is 117. The standard InChI is InChI=1S/C24H18Cl3F9N2O2/c1-10-7-12(4-6-15(22(28,29)30)13-8-16(25)18(27)17(26)9-13)3-5-14(10)20(40)37-11(2)19(39)38-21(23(31,32)33)24(34,35)36/h3-9,11,15,21H,1-2H3,(H,37,40)(H,38,39)/b6-4+. The molecule has 2 aromatic carbocycles. The Morgan fingerprint density at radius 3 is 1.80 bits per heavy atom. The van der Waals surface area contributed by atoms with E-state index in [4.69, 9.17) is 34.8 Å². The average molecular weight is 644 g/mol. The molecule has 40 heavy (non-hydrogen) atoms. The molecule has 16 heteroatoms. The third kappa shape index (κ3) is 8.68. The highest BCUT2D eigenvalue weighted by Gasteiger charge is 2.57. The van der Waals surface area contributed by atoms with Gasteiger partial charge in [0.2, 0.25) is 11.9 Å². The lowest BCUT2D eigenvalue weighted by Crippen LogP contribution is -2.58. The SMILES string of the molecule is Cc1cc(/C=C/C(c2cc(Cl)c(Cl)c(Cl)c2)C(F)(F)F)ccc1C(=O)NC(C)C(=O)NC(C(F)(F)F)C(F)(F)F. The van der Waals surface area contributed by atoms with Gasteiger partial charge in [-0.05, 0) is 48.7 Å². The molecule has 2 aromatic rings. The topological polar surface area (TPSA) is 58.2 Å². The van der Waals surface area contributed by atoms with Crippen molar-refractivity contribution in [1.29, 1.82) is 0 Å². The van der Waals surface area contributed by atoms with Gasteiger partial charge in [0.05, 0.1) is 21.0 Å². The number of hydrogen-bond acceptors (Lipinski definition) is 2. The van der Waals surface area contributed by atoms with Crippen molar-refractivity contribution in [3.63, 3.8) is 0 Å². The fourth-order valence-electron chi connectivity index (χ4n) is 3.37. The number of alkyl halides is 9. The number of carbonyl (C=O) groups excluding carboxylic acids is 2. The van der Waals surface area contributed by atoms with Gasteiger partial charge in [-0.3, -0.25) is 9.59 Å². The Balaban J connectivity index is 2.21. The molecule has 2 amide bonds. The lowest BCUT2D eigenvalue weighted by molar-refractivity contribution is -0.257. The van der Waals surface area contributed by atoms with Crippen LogP contribution in [0.3, 0.4) is 0 Å². The Kier molecular flexibility index (Phi) is 10.5. The van der Waals surface area contributed by atoms with Crippen molar-refractivity contribution in [3.8, 4) is 0 Å². The molecule has 4 nitrogen and oxygen atoms in total. The summed E-state index contributed by atoms with van der Waals surface area (Å²) in [7, 11) is 0. The number of aryl methyl sites for hydroxylation is 1. The molecule has 0 fully saturated rings. The van der Waals surface area contributed by atoms with Gasteiger partial charge in [0.1, 0.15) is 6.04 Å². The molecule has 2 N–H and O–H groups in total. The van der Waals surface area contributed by atoms with Crippen LogP contribution in [0.15, 0.2) is 36.4 Å². The molecular formula is C24H18Cl3F9N2O2. The normalized spacial score (nSPS) is 14.4. The van der Waals surface area contributed by atoms with Crippen LogP contribution < -0.4 is 10.6 Å². The summed E-state index contributed by atoms with van der Waals surface area (Å²) in [4.78, 5) is 24.4. The molecule has 0 bridgehead atoms. The number of nitrogens with one attached hydrogen (secondary N) is 2. The predicted molar refractivity (Wildman–Crippen MR) is 131 cm³/mol. The van der Waals surface area contributed by atoms with E-state index >= 15 is 0 Å². The van der Waals surface area contributed by atoms with Crippen LogP contribution in [0.25, 0.3) is 6.08 Å². The predicted octanol–water partition coefficient (Wildman–Crippen LogP) is 8.04. The number of amides is 2. The molecule has 0 saturated carbocycles. The van der Waals surface area contributed by atoms with E-state index in [-0.39, 0.29) is 37.3 Å². The van der Waals surface area contributed by atoms with E-state index in [9.17, 15) is 49.1 Å². The van der Waals surface area contributed by atoms with Gasteiger partial charge in [0.15, 0.2) is 0 Å². The van der Waals surface area contributed by atoms with Crippen molar-refractivity contribution >= 4 is 52.7 Å². The van der Waals surface area contributed by atoms with Gasteiger partial charge in [-0.1, -0.05) is 59.1 Å². The van der Waals surface area contributed by atoms with Gasteiger partial charge in [0.25, 0.3) is 5.91 Å². The third-order valence-corrected chi connectivity index (χ3v) is 6.57. The Bertz CT molecular complexity index is 1250. The van der Waals surface area contributed by atoms with Crippen LogP contribution >= 0.6 is 34.8 Å². The smallest absolute Gasteiger partial charge is 0.341 e. The zero-order valence-corrected chi connectivity index (χ0v) is 22.4. The van der Waals surface area contributed by atoms with Crippen molar-refractivity contribution in [2.24, 2.45) is 0 Å². The third-order valence-electron chi connectivity index (χ3n) is 5.38. The molecule has 0 radical (unpaired) electrons. The fourth-order valence-corrected chi connectivity index (χ4v) is 3.99. The van der Waals surface area contributed by atoms with E-state index in [1.807, 2.05) is 5.32 Å². The molecule has 0 heterocycles. The Morgan fingerprint density at radius 2 is 1.35 bits per heavy atom. The van der Waals surface area contributed by atoms with Gasteiger partial charge < -0.3 is 10.6 Å². The monoisotopic (exact) mass is 642 g/mol. The zero-order valence-electron chi connectivity index (χ0n) is 20.1. The lowest BCUT2D eigenvalue weighted by Gasteiger charge is -2.25. The quantitative estimate of drug-likeness (QED) is 0.237. The first-order valence-corrected chi connectivity index (χ1v) is 12.0. The summed E-state index contributed by atoms with van der Waals surface area (Å²) in [5, 5.41) is 2.30. The minimum atomic E-state index is -5.82. The first kappa shape index (κ1) is 33.6. The summed E-state index contributed by atoms with van der Waals surface area (Å²) >= 11 is 17.5. The maximum atomic E-state index is 13.7. The number of halogens is 12. The molecule has 2 unspecified atom stereocenters. The Morgan fingerprint density at radius 1 is 0.825 bits per heavy atom. The minimum Gasteiger partial charge on any atom is -0.341 e. The van der Waals surface area contributed by atoms with E-state index < -0.39 is 48.3 Å². The van der Waals surface area contributed by atoms with Crippen molar-refractivity contribution in [3.05, 3.63) is 73.7 Å². The van der Waals surface area contributed by atoms with Crippen LogP contribution in [0, 0.1) is 6.92 Å². The minimum absolute atomic E-state index is 0.117. The van der Waals surface area contributed by atoms with Gasteiger partial charge in [-0.2, -0.15) is 39.5 Å². The summed E-state index contributed by atoms with van der Waals surface area (Å²) in [6, 6.07) is -0.220. The molecule has 0 aromatic heterocycles. The molecule has 0 aliphatic rings. The highest BCUT2D eigenvalue weighted by molar-refractivity contribution is 6.48. The number of rotatable bonds is 7. The largest absolute Gasteiger partial charge is 0.417 e. The van der Waals surface area contributed by atoms with Gasteiger partial charge >= 0.3 is 18.5 Å². The van der Waals surface area contributed by atoms with Gasteiger partial charge in [-0.25, -0.2) is 0 Å². The summed E-state index contributed by atoms with van der Waals surface area (Å²) in [6.45, 7) is 2.25. The second kappa shape index (κ2) is 12.5. The lowest BCUT2D eigenvalue weighted by atomic mass is 9.96.